The molecule has 3 aliphatic rings. The SMILES string of the molecule is CC(=O)c1ccc2c(c1)CC1(C(=O)NC(=O)NC1=O)C1[C@H](C)O[C@H](C)CN21. The standard InChI is InChI=1S/C19H21N3O5/c1-9-8-22-14-5-4-12(10(2)23)6-13(14)7-19(15(22)11(3)27-9)16(24)20-18(26)21-17(19)25/h4-6,9,11,15H,7-8H2,1-3H3,(H2,20,21,24,25,26)/t9-,11+,15?/m1/s1. The van der Waals surface area contributed by atoms with E-state index in [1.807, 2.05) is 24.8 Å². The van der Waals surface area contributed by atoms with Crippen molar-refractivity contribution in [3.05, 3.63) is 29.3 Å². The lowest BCUT2D eigenvalue weighted by Crippen LogP contribution is -2.75. The van der Waals surface area contributed by atoms with Gasteiger partial charge in [0.15, 0.2) is 11.2 Å². The maximum absolute atomic E-state index is 13.0. The number of anilines is 1. The van der Waals surface area contributed by atoms with Gasteiger partial charge in [0.2, 0.25) is 11.8 Å². The Morgan fingerprint density at radius 2 is 1.85 bits per heavy atom. The molecular weight excluding hydrogens is 350 g/mol. The highest BCUT2D eigenvalue weighted by Crippen LogP contribution is 2.46. The van der Waals surface area contributed by atoms with E-state index in [1.165, 1.54) is 6.92 Å². The van der Waals surface area contributed by atoms with Gasteiger partial charge >= 0.3 is 6.03 Å². The van der Waals surface area contributed by atoms with Gasteiger partial charge in [0.05, 0.1) is 18.2 Å². The van der Waals surface area contributed by atoms with Crippen molar-refractivity contribution in [1.82, 2.24) is 10.6 Å². The van der Waals surface area contributed by atoms with Gasteiger partial charge in [-0.05, 0) is 51.0 Å². The van der Waals surface area contributed by atoms with E-state index in [0.29, 0.717) is 12.1 Å². The zero-order chi connectivity index (χ0) is 19.5. The fourth-order valence-corrected chi connectivity index (χ4v) is 4.67. The van der Waals surface area contributed by atoms with Crippen LogP contribution in [0.1, 0.15) is 36.7 Å². The number of fused-ring (bicyclic) bond motifs is 4. The molecule has 1 aromatic rings. The van der Waals surface area contributed by atoms with Crippen LogP contribution in [0.4, 0.5) is 10.5 Å². The number of morpholine rings is 1. The van der Waals surface area contributed by atoms with Gasteiger partial charge in [0.25, 0.3) is 0 Å². The number of barbiturate groups is 1. The van der Waals surface area contributed by atoms with E-state index in [2.05, 4.69) is 10.6 Å². The largest absolute Gasteiger partial charge is 0.372 e. The summed E-state index contributed by atoms with van der Waals surface area (Å²) >= 11 is 0. The number of ketones is 1. The highest BCUT2D eigenvalue weighted by molar-refractivity contribution is 6.20. The normalized spacial score (nSPS) is 28.9. The van der Waals surface area contributed by atoms with Crippen molar-refractivity contribution in [1.29, 1.82) is 0 Å². The zero-order valence-corrected chi connectivity index (χ0v) is 15.4. The number of ether oxygens (including phenoxy) is 1. The van der Waals surface area contributed by atoms with Crippen molar-refractivity contribution in [3.63, 3.8) is 0 Å². The minimum Gasteiger partial charge on any atom is -0.372 e. The second kappa shape index (κ2) is 5.88. The fourth-order valence-electron chi connectivity index (χ4n) is 4.67. The molecule has 8 heteroatoms. The average Bonchev–Trinajstić information content (AvgIpc) is 2.58. The Balaban J connectivity index is 1.92. The number of rotatable bonds is 1. The molecule has 27 heavy (non-hydrogen) atoms. The summed E-state index contributed by atoms with van der Waals surface area (Å²) in [5.74, 6) is -1.35. The predicted molar refractivity (Wildman–Crippen MR) is 95.4 cm³/mol. The molecule has 0 radical (unpaired) electrons. The Morgan fingerprint density at radius 1 is 1.19 bits per heavy atom. The molecule has 2 saturated heterocycles. The zero-order valence-electron chi connectivity index (χ0n) is 15.4. The lowest BCUT2D eigenvalue weighted by atomic mass is 9.66. The molecule has 3 heterocycles. The van der Waals surface area contributed by atoms with Crippen LogP contribution in [0.3, 0.4) is 0 Å². The molecule has 1 spiro atoms. The summed E-state index contributed by atoms with van der Waals surface area (Å²) in [5, 5.41) is 4.49. The number of benzene rings is 1. The van der Waals surface area contributed by atoms with E-state index in [-0.39, 0.29) is 18.3 Å². The van der Waals surface area contributed by atoms with Crippen molar-refractivity contribution >= 4 is 29.3 Å². The lowest BCUT2D eigenvalue weighted by Gasteiger charge is -2.55. The highest BCUT2D eigenvalue weighted by atomic mass is 16.5. The number of hydrogen-bond donors (Lipinski definition) is 2. The molecule has 1 aromatic carbocycles. The monoisotopic (exact) mass is 371 g/mol. The van der Waals surface area contributed by atoms with Crippen molar-refractivity contribution in [2.45, 2.75) is 45.4 Å². The second-order valence-electron chi connectivity index (χ2n) is 7.53. The second-order valence-corrected chi connectivity index (χ2v) is 7.53. The van der Waals surface area contributed by atoms with Crippen LogP contribution in [0.5, 0.6) is 0 Å². The van der Waals surface area contributed by atoms with Crippen molar-refractivity contribution in [3.8, 4) is 0 Å². The van der Waals surface area contributed by atoms with Crippen LogP contribution < -0.4 is 15.5 Å². The first-order valence-corrected chi connectivity index (χ1v) is 8.97. The van der Waals surface area contributed by atoms with Crippen LogP contribution in [0.2, 0.25) is 0 Å². The molecule has 4 amide bonds. The van der Waals surface area contributed by atoms with Gasteiger partial charge in [-0.2, -0.15) is 0 Å². The number of nitrogens with one attached hydrogen (secondary N) is 2. The molecule has 2 N–H and O–H groups in total. The number of hydrogen-bond acceptors (Lipinski definition) is 6. The van der Waals surface area contributed by atoms with Crippen molar-refractivity contribution < 1.29 is 23.9 Å². The van der Waals surface area contributed by atoms with Gasteiger partial charge in [0.1, 0.15) is 0 Å². The molecule has 3 aliphatic heterocycles. The van der Waals surface area contributed by atoms with Crippen LogP contribution in [-0.2, 0) is 20.7 Å². The van der Waals surface area contributed by atoms with Crippen LogP contribution >= 0.6 is 0 Å². The first-order valence-electron chi connectivity index (χ1n) is 8.97. The number of nitrogens with zero attached hydrogens (tertiary/aromatic N) is 1. The van der Waals surface area contributed by atoms with Gasteiger partial charge in [-0.3, -0.25) is 25.0 Å². The van der Waals surface area contributed by atoms with Crippen LogP contribution in [-0.4, -0.2) is 48.4 Å². The van der Waals surface area contributed by atoms with E-state index in [1.54, 1.807) is 12.1 Å². The summed E-state index contributed by atoms with van der Waals surface area (Å²) in [6, 6.07) is 3.98. The number of carbonyl (C=O) groups excluding carboxylic acids is 4. The quantitative estimate of drug-likeness (QED) is 0.558. The van der Waals surface area contributed by atoms with Gasteiger partial charge in [-0.1, -0.05) is 0 Å². The fraction of sp³-hybridized carbons (Fsp3) is 0.474. The highest BCUT2D eigenvalue weighted by Gasteiger charge is 2.62. The summed E-state index contributed by atoms with van der Waals surface area (Å²) in [4.78, 5) is 51.4. The van der Waals surface area contributed by atoms with E-state index < -0.39 is 35.4 Å². The Labute approximate surface area is 156 Å². The van der Waals surface area contributed by atoms with Gasteiger partial charge in [0, 0.05) is 17.8 Å². The average molecular weight is 371 g/mol. The Morgan fingerprint density at radius 3 is 2.48 bits per heavy atom. The molecule has 1 unspecified atom stereocenters. The Kier molecular flexibility index (Phi) is 3.85. The first-order chi connectivity index (χ1) is 12.7. The number of urea groups is 1. The minimum atomic E-state index is -1.50. The summed E-state index contributed by atoms with van der Waals surface area (Å²) < 4.78 is 5.94. The number of imide groups is 2. The van der Waals surface area contributed by atoms with E-state index in [9.17, 15) is 19.2 Å². The van der Waals surface area contributed by atoms with Crippen LogP contribution in [0.25, 0.3) is 0 Å². The molecule has 0 saturated carbocycles. The summed E-state index contributed by atoms with van der Waals surface area (Å²) in [6.45, 7) is 5.74. The lowest BCUT2D eigenvalue weighted by molar-refractivity contribution is -0.153. The van der Waals surface area contributed by atoms with E-state index >= 15 is 0 Å². The molecule has 8 nitrogen and oxygen atoms in total. The molecule has 2 fully saturated rings. The smallest absolute Gasteiger partial charge is 0.328 e. The molecule has 0 aliphatic carbocycles. The third kappa shape index (κ3) is 2.47. The van der Waals surface area contributed by atoms with Crippen molar-refractivity contribution in [2.24, 2.45) is 5.41 Å². The Hall–Kier alpha value is -2.74. The van der Waals surface area contributed by atoms with Gasteiger partial charge < -0.3 is 9.64 Å². The number of carbonyl (C=O) groups is 4. The minimum absolute atomic E-state index is 0.0922. The van der Waals surface area contributed by atoms with Gasteiger partial charge in [-0.25, -0.2) is 4.79 Å². The van der Waals surface area contributed by atoms with Crippen LogP contribution in [0.15, 0.2) is 18.2 Å². The number of Topliss-reactive ketones (excluding diaryl/α,β-unsaturated/α-hetero) is 1. The van der Waals surface area contributed by atoms with Crippen molar-refractivity contribution in [2.75, 3.05) is 11.4 Å². The maximum Gasteiger partial charge on any atom is 0.328 e. The first kappa shape index (κ1) is 17.7. The third-order valence-corrected chi connectivity index (χ3v) is 5.72. The molecule has 3 atom stereocenters. The van der Waals surface area contributed by atoms with Crippen LogP contribution in [0, 0.1) is 5.41 Å². The molecule has 0 bridgehead atoms. The maximum atomic E-state index is 13.0. The molecule has 4 rings (SSSR count). The van der Waals surface area contributed by atoms with E-state index in [4.69, 9.17) is 4.74 Å². The topological polar surface area (TPSA) is 105 Å². The molecule has 0 aromatic heterocycles. The molecular formula is C19H21N3O5. The third-order valence-electron chi connectivity index (χ3n) is 5.72. The van der Waals surface area contributed by atoms with E-state index in [0.717, 1.165) is 11.3 Å². The predicted octanol–water partition coefficient (Wildman–Crippen LogP) is 0.780. The van der Waals surface area contributed by atoms with Gasteiger partial charge in [-0.15, -0.1) is 0 Å². The Bertz CT molecular complexity index is 860. The summed E-state index contributed by atoms with van der Waals surface area (Å²) in [5.41, 5.74) is 0.634. The number of amides is 4. The summed E-state index contributed by atoms with van der Waals surface area (Å²) in [7, 11) is 0. The molecule has 142 valence electrons. The summed E-state index contributed by atoms with van der Waals surface area (Å²) in [6.07, 6.45) is -0.403.